The number of hydrogen-bond donors (Lipinski definition) is 1. The fraction of sp³-hybridized carbons (Fsp3) is 0.909. The third-order valence-electron chi connectivity index (χ3n) is 3.37. The standard InChI is InChI=1S/C11H21N5O/c1-4-12-10(9-5-6-17-8(9)2)7-11-13-15-16(3)14-11/h8-10,12H,4-7H2,1-3H3. The Balaban J connectivity index is 2.01. The van der Waals surface area contributed by atoms with Gasteiger partial charge in [0.25, 0.3) is 0 Å². The van der Waals surface area contributed by atoms with Crippen LogP contribution in [0.3, 0.4) is 0 Å². The molecule has 0 spiro atoms. The maximum absolute atomic E-state index is 5.63. The Hall–Kier alpha value is -1.01. The van der Waals surface area contributed by atoms with E-state index in [2.05, 4.69) is 34.6 Å². The van der Waals surface area contributed by atoms with E-state index < -0.39 is 0 Å². The molecule has 1 aromatic heterocycles. The van der Waals surface area contributed by atoms with Crippen LogP contribution in [0.25, 0.3) is 0 Å². The average molecular weight is 239 g/mol. The zero-order valence-corrected chi connectivity index (χ0v) is 10.8. The molecule has 0 aliphatic carbocycles. The van der Waals surface area contributed by atoms with Gasteiger partial charge < -0.3 is 10.1 Å². The van der Waals surface area contributed by atoms with E-state index in [1.54, 1.807) is 7.05 Å². The number of ether oxygens (including phenoxy) is 1. The molecule has 6 heteroatoms. The molecule has 1 aliphatic rings. The number of likely N-dealkylation sites (N-methyl/N-ethyl adjacent to an activating group) is 1. The highest BCUT2D eigenvalue weighted by atomic mass is 16.5. The molecule has 1 aromatic rings. The van der Waals surface area contributed by atoms with Crippen LogP contribution in [-0.2, 0) is 18.2 Å². The van der Waals surface area contributed by atoms with Crippen LogP contribution in [0.4, 0.5) is 0 Å². The van der Waals surface area contributed by atoms with E-state index in [0.29, 0.717) is 18.1 Å². The Labute approximate surface area is 102 Å². The summed E-state index contributed by atoms with van der Waals surface area (Å²) < 4.78 is 5.63. The molecular formula is C11H21N5O. The minimum absolute atomic E-state index is 0.315. The first kappa shape index (κ1) is 12.4. The van der Waals surface area contributed by atoms with Gasteiger partial charge in [-0.2, -0.15) is 4.80 Å². The molecular weight excluding hydrogens is 218 g/mol. The van der Waals surface area contributed by atoms with Gasteiger partial charge in [-0.1, -0.05) is 6.92 Å². The van der Waals surface area contributed by atoms with Crippen molar-refractivity contribution in [3.8, 4) is 0 Å². The summed E-state index contributed by atoms with van der Waals surface area (Å²) in [6.45, 7) is 6.08. The van der Waals surface area contributed by atoms with Gasteiger partial charge in [0.2, 0.25) is 0 Å². The van der Waals surface area contributed by atoms with Crippen molar-refractivity contribution in [2.45, 2.75) is 38.8 Å². The summed E-state index contributed by atoms with van der Waals surface area (Å²) in [5, 5.41) is 15.7. The Kier molecular flexibility index (Phi) is 4.06. The van der Waals surface area contributed by atoms with E-state index in [0.717, 1.165) is 31.8 Å². The third-order valence-corrected chi connectivity index (χ3v) is 3.37. The van der Waals surface area contributed by atoms with Crippen LogP contribution >= 0.6 is 0 Å². The monoisotopic (exact) mass is 239 g/mol. The van der Waals surface area contributed by atoms with Crippen LogP contribution in [-0.4, -0.2) is 45.5 Å². The van der Waals surface area contributed by atoms with Crippen molar-refractivity contribution in [1.29, 1.82) is 0 Å². The van der Waals surface area contributed by atoms with E-state index >= 15 is 0 Å². The minimum Gasteiger partial charge on any atom is -0.378 e. The number of nitrogens with zero attached hydrogens (tertiary/aromatic N) is 4. The third kappa shape index (κ3) is 3.01. The summed E-state index contributed by atoms with van der Waals surface area (Å²) in [5.41, 5.74) is 0. The average Bonchev–Trinajstić information content (AvgIpc) is 2.87. The highest BCUT2D eigenvalue weighted by Gasteiger charge is 2.32. The normalized spacial score (nSPS) is 26.3. The molecule has 2 rings (SSSR count). The largest absolute Gasteiger partial charge is 0.378 e. The van der Waals surface area contributed by atoms with Crippen molar-refractivity contribution in [2.75, 3.05) is 13.2 Å². The Bertz CT molecular complexity index is 353. The van der Waals surface area contributed by atoms with Gasteiger partial charge >= 0.3 is 0 Å². The molecule has 17 heavy (non-hydrogen) atoms. The van der Waals surface area contributed by atoms with Gasteiger partial charge in [0, 0.05) is 25.0 Å². The quantitative estimate of drug-likeness (QED) is 0.792. The summed E-state index contributed by atoms with van der Waals surface area (Å²) in [4.78, 5) is 1.51. The van der Waals surface area contributed by atoms with Crippen LogP contribution in [0.1, 0.15) is 26.1 Å². The molecule has 1 saturated heterocycles. The number of tetrazole rings is 1. The Morgan fingerprint density at radius 1 is 1.59 bits per heavy atom. The lowest BCUT2D eigenvalue weighted by molar-refractivity contribution is 0.0953. The molecule has 0 saturated carbocycles. The molecule has 1 N–H and O–H groups in total. The maximum atomic E-state index is 5.63. The number of nitrogens with one attached hydrogen (secondary N) is 1. The molecule has 3 atom stereocenters. The van der Waals surface area contributed by atoms with Gasteiger partial charge in [-0.25, -0.2) is 0 Å². The molecule has 6 nitrogen and oxygen atoms in total. The van der Waals surface area contributed by atoms with E-state index in [1.165, 1.54) is 4.80 Å². The van der Waals surface area contributed by atoms with Gasteiger partial charge in [0.1, 0.15) is 0 Å². The molecule has 1 aliphatic heterocycles. The molecule has 0 aromatic carbocycles. The molecule has 96 valence electrons. The molecule has 1 fully saturated rings. The zero-order valence-electron chi connectivity index (χ0n) is 10.8. The van der Waals surface area contributed by atoms with Gasteiger partial charge in [0.05, 0.1) is 13.2 Å². The highest BCUT2D eigenvalue weighted by molar-refractivity contribution is 4.91. The first-order valence-electron chi connectivity index (χ1n) is 6.28. The van der Waals surface area contributed by atoms with Crippen LogP contribution in [0.2, 0.25) is 0 Å². The molecule has 0 amide bonds. The van der Waals surface area contributed by atoms with Crippen molar-refractivity contribution in [2.24, 2.45) is 13.0 Å². The van der Waals surface area contributed by atoms with Gasteiger partial charge in [-0.3, -0.25) is 0 Å². The predicted molar refractivity (Wildman–Crippen MR) is 63.5 cm³/mol. The minimum atomic E-state index is 0.315. The van der Waals surface area contributed by atoms with E-state index in [4.69, 9.17) is 4.74 Å². The van der Waals surface area contributed by atoms with Crippen molar-refractivity contribution in [3.63, 3.8) is 0 Å². The summed E-state index contributed by atoms with van der Waals surface area (Å²) in [5.74, 6) is 1.34. The lowest BCUT2D eigenvalue weighted by Gasteiger charge is -2.25. The van der Waals surface area contributed by atoms with Gasteiger partial charge in [-0.05, 0) is 25.1 Å². The number of aromatic nitrogens is 4. The molecule has 2 heterocycles. The topological polar surface area (TPSA) is 64.9 Å². The second-order valence-corrected chi connectivity index (χ2v) is 4.59. The highest BCUT2D eigenvalue weighted by Crippen LogP contribution is 2.25. The first-order chi connectivity index (χ1) is 8.20. The number of hydrogen-bond acceptors (Lipinski definition) is 5. The van der Waals surface area contributed by atoms with Gasteiger partial charge in [-0.15, -0.1) is 10.2 Å². The lowest BCUT2D eigenvalue weighted by Crippen LogP contribution is -2.41. The van der Waals surface area contributed by atoms with Gasteiger partial charge in [0.15, 0.2) is 5.82 Å². The Morgan fingerprint density at radius 3 is 2.94 bits per heavy atom. The summed E-state index contributed by atoms with van der Waals surface area (Å²) in [6.07, 6.45) is 2.25. The van der Waals surface area contributed by atoms with Crippen molar-refractivity contribution in [3.05, 3.63) is 5.82 Å². The summed E-state index contributed by atoms with van der Waals surface area (Å²) in [7, 11) is 1.79. The van der Waals surface area contributed by atoms with Crippen LogP contribution in [0.15, 0.2) is 0 Å². The molecule has 0 radical (unpaired) electrons. The number of aryl methyl sites for hydroxylation is 1. The fourth-order valence-corrected chi connectivity index (χ4v) is 2.52. The van der Waals surface area contributed by atoms with E-state index in [9.17, 15) is 0 Å². The predicted octanol–water partition coefficient (Wildman–Crippen LogP) is 0.156. The summed E-state index contributed by atoms with van der Waals surface area (Å²) in [6, 6.07) is 0.377. The number of rotatable bonds is 5. The Morgan fingerprint density at radius 2 is 2.41 bits per heavy atom. The SMILES string of the molecule is CCNC(Cc1nnn(C)n1)C1CCOC1C. The summed E-state index contributed by atoms with van der Waals surface area (Å²) >= 11 is 0. The van der Waals surface area contributed by atoms with E-state index in [1.807, 2.05) is 0 Å². The maximum Gasteiger partial charge on any atom is 0.176 e. The zero-order chi connectivity index (χ0) is 12.3. The van der Waals surface area contributed by atoms with Crippen LogP contribution in [0.5, 0.6) is 0 Å². The second-order valence-electron chi connectivity index (χ2n) is 4.59. The molecule has 3 unspecified atom stereocenters. The van der Waals surface area contributed by atoms with Crippen molar-refractivity contribution < 1.29 is 4.74 Å². The smallest absolute Gasteiger partial charge is 0.176 e. The van der Waals surface area contributed by atoms with Crippen molar-refractivity contribution >= 4 is 0 Å². The second kappa shape index (κ2) is 5.55. The lowest BCUT2D eigenvalue weighted by atomic mass is 9.91. The van der Waals surface area contributed by atoms with Crippen LogP contribution < -0.4 is 5.32 Å². The van der Waals surface area contributed by atoms with Crippen molar-refractivity contribution in [1.82, 2.24) is 25.5 Å². The first-order valence-corrected chi connectivity index (χ1v) is 6.28. The van der Waals surface area contributed by atoms with Crippen LogP contribution in [0, 0.1) is 5.92 Å². The molecule has 0 bridgehead atoms. The van der Waals surface area contributed by atoms with E-state index in [-0.39, 0.29) is 0 Å². The fourth-order valence-electron chi connectivity index (χ4n) is 2.52.